The minimum Gasteiger partial charge on any atom is -0.509 e. The van der Waals surface area contributed by atoms with Crippen molar-refractivity contribution in [3.63, 3.8) is 0 Å². The summed E-state index contributed by atoms with van der Waals surface area (Å²) in [5, 5.41) is 10.6. The Morgan fingerprint density at radius 3 is 2.14 bits per heavy atom. The molecule has 1 unspecified atom stereocenters. The molecule has 2 aliphatic rings. The van der Waals surface area contributed by atoms with Crippen LogP contribution in [0.25, 0.3) is 5.57 Å². The van der Waals surface area contributed by atoms with Crippen LogP contribution in [0, 0.1) is 13.8 Å². The molecule has 0 bridgehead atoms. The number of aryl methyl sites for hydroxylation is 2. The summed E-state index contributed by atoms with van der Waals surface area (Å²) in [6.45, 7) is 10.6. The van der Waals surface area contributed by atoms with Gasteiger partial charge in [0.15, 0.2) is 6.61 Å². The normalized spacial score (nSPS) is 18.4. The van der Waals surface area contributed by atoms with Crippen molar-refractivity contribution >= 4 is 11.5 Å². The molecule has 1 saturated heterocycles. The van der Waals surface area contributed by atoms with Gasteiger partial charge in [-0.05, 0) is 61.9 Å². The smallest absolute Gasteiger partial charge is 0.422 e. The number of alkyl halides is 3. The molecule has 1 atom stereocenters. The largest absolute Gasteiger partial charge is 0.509 e. The maximum Gasteiger partial charge on any atom is 0.422 e. The molecule has 2 heterocycles. The first-order valence-electron chi connectivity index (χ1n) is 10.2. The summed E-state index contributed by atoms with van der Waals surface area (Å²) in [5.74, 6) is -0.0449. The van der Waals surface area contributed by atoms with Crippen molar-refractivity contribution in [3.8, 4) is 5.75 Å². The van der Waals surface area contributed by atoms with Crippen molar-refractivity contribution in [2.45, 2.75) is 73.0 Å². The Kier molecular flexibility index (Phi) is 9.05. The van der Waals surface area contributed by atoms with E-state index < -0.39 is 12.8 Å². The molecule has 1 aromatic rings. The van der Waals surface area contributed by atoms with Crippen LogP contribution in [0.4, 0.5) is 13.2 Å². The predicted molar refractivity (Wildman–Crippen MR) is 109 cm³/mol. The lowest BCUT2D eigenvalue weighted by Crippen LogP contribution is -2.39. The number of nitrogens with zero attached hydrogens (tertiary/aromatic N) is 1. The molecular formula is C22H32F3NO3. The average Bonchev–Trinajstić information content (AvgIpc) is 2.94. The van der Waals surface area contributed by atoms with Gasteiger partial charge in [-0.1, -0.05) is 27.7 Å². The highest BCUT2D eigenvalue weighted by Crippen LogP contribution is 2.39. The molecule has 1 N–H and O–H groups in total. The van der Waals surface area contributed by atoms with Crippen molar-refractivity contribution in [2.75, 3.05) is 13.2 Å². The minimum atomic E-state index is -4.41. The van der Waals surface area contributed by atoms with Crippen LogP contribution in [0.15, 0.2) is 17.9 Å². The SMILES string of the molecule is CC.CC.Cc1cc(OCC(F)(F)F)cc(C)c1C1=C(O)C2CCCCN2C1=O. The third kappa shape index (κ3) is 5.67. The van der Waals surface area contributed by atoms with Gasteiger partial charge in [0.05, 0.1) is 11.6 Å². The highest BCUT2D eigenvalue weighted by Gasteiger charge is 2.42. The number of carbonyl (C=O) groups excluding carboxylic acids is 1. The van der Waals surface area contributed by atoms with Gasteiger partial charge in [0.1, 0.15) is 11.5 Å². The second-order valence-corrected chi connectivity index (χ2v) is 6.61. The summed E-state index contributed by atoms with van der Waals surface area (Å²) in [4.78, 5) is 14.4. The first-order chi connectivity index (χ1) is 13.7. The third-order valence-electron chi connectivity index (χ3n) is 4.71. The van der Waals surface area contributed by atoms with Crippen LogP contribution < -0.4 is 4.74 Å². The van der Waals surface area contributed by atoms with Gasteiger partial charge in [-0.2, -0.15) is 13.2 Å². The zero-order valence-corrected chi connectivity index (χ0v) is 18.1. The standard InChI is InChI=1S/C18H20F3NO3.2C2H6/c1-10-7-12(25-9-18(19,20)21)8-11(2)14(10)15-16(23)13-5-3-4-6-22(13)17(15)24;2*1-2/h7-8,13,23H,3-6,9H2,1-2H3;2*1-2H3. The number of amides is 1. The summed E-state index contributed by atoms with van der Waals surface area (Å²) in [7, 11) is 0. The molecular weight excluding hydrogens is 383 g/mol. The molecule has 0 saturated carbocycles. The summed E-state index contributed by atoms with van der Waals surface area (Å²) in [6, 6.07) is 2.66. The number of rotatable bonds is 3. The average molecular weight is 415 g/mol. The Morgan fingerprint density at radius 2 is 1.66 bits per heavy atom. The topological polar surface area (TPSA) is 49.8 Å². The van der Waals surface area contributed by atoms with Crippen LogP contribution in [0.1, 0.15) is 63.6 Å². The Balaban J connectivity index is 0.000000989. The number of fused-ring (bicyclic) bond motifs is 1. The summed E-state index contributed by atoms with van der Waals surface area (Å²) >= 11 is 0. The van der Waals surface area contributed by atoms with Crippen LogP contribution >= 0.6 is 0 Å². The molecule has 0 aromatic heterocycles. The van der Waals surface area contributed by atoms with E-state index in [4.69, 9.17) is 4.74 Å². The van der Waals surface area contributed by atoms with Gasteiger partial charge >= 0.3 is 6.18 Å². The highest BCUT2D eigenvalue weighted by molar-refractivity contribution is 6.23. The lowest BCUT2D eigenvalue weighted by Gasteiger charge is -2.29. The van der Waals surface area contributed by atoms with Gasteiger partial charge in [-0.15, -0.1) is 0 Å². The summed E-state index contributed by atoms with van der Waals surface area (Å²) < 4.78 is 41.8. The molecule has 1 aromatic carbocycles. The molecule has 0 spiro atoms. The van der Waals surface area contributed by atoms with Gasteiger partial charge in [0, 0.05) is 6.54 Å². The molecule has 4 nitrogen and oxygen atoms in total. The zero-order valence-electron chi connectivity index (χ0n) is 18.1. The summed E-state index contributed by atoms with van der Waals surface area (Å²) in [6.07, 6.45) is -1.82. The third-order valence-corrected chi connectivity index (χ3v) is 4.71. The van der Waals surface area contributed by atoms with Crippen molar-refractivity contribution < 1.29 is 27.8 Å². The molecule has 0 radical (unpaired) electrons. The van der Waals surface area contributed by atoms with E-state index in [1.807, 2.05) is 27.7 Å². The Hall–Kier alpha value is -2.18. The number of hydrogen-bond donors (Lipinski definition) is 1. The molecule has 164 valence electrons. The number of halogens is 3. The Labute approximate surface area is 171 Å². The van der Waals surface area contributed by atoms with E-state index in [9.17, 15) is 23.1 Å². The fraction of sp³-hybridized carbons (Fsp3) is 0.591. The van der Waals surface area contributed by atoms with E-state index >= 15 is 0 Å². The van der Waals surface area contributed by atoms with Gasteiger partial charge in [-0.3, -0.25) is 4.79 Å². The van der Waals surface area contributed by atoms with E-state index in [1.165, 1.54) is 12.1 Å². The van der Waals surface area contributed by atoms with Crippen LogP contribution in [0.2, 0.25) is 0 Å². The number of aliphatic hydroxyl groups is 1. The van der Waals surface area contributed by atoms with E-state index in [0.29, 0.717) is 23.2 Å². The quantitative estimate of drug-likeness (QED) is 0.663. The van der Waals surface area contributed by atoms with Gasteiger partial charge < -0.3 is 14.7 Å². The number of carbonyl (C=O) groups is 1. The van der Waals surface area contributed by atoms with Gasteiger partial charge in [0.2, 0.25) is 0 Å². The highest BCUT2D eigenvalue weighted by atomic mass is 19.4. The Morgan fingerprint density at radius 1 is 1.10 bits per heavy atom. The van der Waals surface area contributed by atoms with Crippen molar-refractivity contribution in [1.29, 1.82) is 0 Å². The summed E-state index contributed by atoms with van der Waals surface area (Å²) in [5.41, 5.74) is 2.05. The van der Waals surface area contributed by atoms with Crippen molar-refractivity contribution in [2.24, 2.45) is 0 Å². The predicted octanol–water partition coefficient (Wildman–Crippen LogP) is 5.96. The van der Waals surface area contributed by atoms with E-state index in [-0.39, 0.29) is 29.0 Å². The fourth-order valence-corrected chi connectivity index (χ4v) is 3.68. The molecule has 29 heavy (non-hydrogen) atoms. The number of benzene rings is 1. The van der Waals surface area contributed by atoms with Crippen LogP contribution in [0.5, 0.6) is 5.75 Å². The monoisotopic (exact) mass is 415 g/mol. The number of ether oxygens (including phenoxy) is 1. The van der Waals surface area contributed by atoms with E-state index in [2.05, 4.69) is 0 Å². The van der Waals surface area contributed by atoms with Crippen LogP contribution in [-0.2, 0) is 4.79 Å². The fourth-order valence-electron chi connectivity index (χ4n) is 3.68. The first-order valence-corrected chi connectivity index (χ1v) is 10.2. The Bertz CT molecular complexity index is 718. The second kappa shape index (κ2) is 10.6. The van der Waals surface area contributed by atoms with Crippen LogP contribution in [0.3, 0.4) is 0 Å². The van der Waals surface area contributed by atoms with Crippen molar-refractivity contribution in [1.82, 2.24) is 4.90 Å². The maximum absolute atomic E-state index is 12.7. The number of piperidine rings is 1. The molecule has 2 aliphatic heterocycles. The number of hydrogen-bond acceptors (Lipinski definition) is 3. The van der Waals surface area contributed by atoms with Crippen LogP contribution in [-0.4, -0.2) is 41.3 Å². The maximum atomic E-state index is 12.7. The molecule has 7 heteroatoms. The molecule has 1 amide bonds. The van der Waals surface area contributed by atoms with E-state index in [0.717, 1.165) is 19.3 Å². The van der Waals surface area contributed by atoms with Gasteiger partial charge in [0.25, 0.3) is 5.91 Å². The molecule has 1 fully saturated rings. The van der Waals surface area contributed by atoms with Gasteiger partial charge in [-0.25, -0.2) is 0 Å². The molecule has 3 rings (SSSR count). The minimum absolute atomic E-state index is 0.0693. The molecule has 0 aliphatic carbocycles. The van der Waals surface area contributed by atoms with E-state index in [1.54, 1.807) is 18.7 Å². The zero-order chi connectivity index (χ0) is 22.4. The second-order valence-electron chi connectivity index (χ2n) is 6.61. The first kappa shape index (κ1) is 24.9. The van der Waals surface area contributed by atoms with Crippen molar-refractivity contribution in [3.05, 3.63) is 34.6 Å². The number of aliphatic hydroxyl groups excluding tert-OH is 1. The lowest BCUT2D eigenvalue weighted by molar-refractivity contribution is -0.153. The lowest BCUT2D eigenvalue weighted by atomic mass is 9.94.